The number of ether oxygens (including phenoxy) is 2. The fraction of sp³-hybridized carbons (Fsp3) is 0.0476. The first kappa shape index (κ1) is 18.2. The highest BCUT2D eigenvalue weighted by molar-refractivity contribution is 6.11. The molecule has 1 aromatic heterocycles. The maximum atomic E-state index is 12.1. The number of carbonyl (C=O) groups excluding carboxylic acids is 1. The van der Waals surface area contributed by atoms with Gasteiger partial charge < -0.3 is 13.9 Å². The summed E-state index contributed by atoms with van der Waals surface area (Å²) in [6, 6.07) is 16.6. The van der Waals surface area contributed by atoms with E-state index >= 15 is 0 Å². The van der Waals surface area contributed by atoms with Gasteiger partial charge in [0.25, 0.3) is 11.6 Å². The number of benzene rings is 2. The Labute approximate surface area is 164 Å². The lowest BCUT2D eigenvalue weighted by atomic mass is 10.1. The molecule has 1 aliphatic rings. The Morgan fingerprint density at radius 1 is 1.07 bits per heavy atom. The Morgan fingerprint density at radius 2 is 1.86 bits per heavy atom. The number of furan rings is 1. The number of esters is 1. The zero-order chi connectivity index (χ0) is 20.2. The second kappa shape index (κ2) is 7.81. The zero-order valence-electron chi connectivity index (χ0n) is 15.0. The number of hydrogen-bond acceptors (Lipinski definition) is 7. The standard InChI is InChI=1S/C21H14N2O6/c24-21-17(22-20(29-21)19-6-3-11-27-19)12-15-4-1-2-5-18(15)28-13-14-7-9-16(10-8-14)23(25)26/h1-12H,13H2. The largest absolute Gasteiger partial charge is 0.488 e. The Hall–Kier alpha value is -4.20. The summed E-state index contributed by atoms with van der Waals surface area (Å²) in [6.07, 6.45) is 3.04. The van der Waals surface area contributed by atoms with Crippen LogP contribution in [0.3, 0.4) is 0 Å². The quantitative estimate of drug-likeness (QED) is 0.271. The van der Waals surface area contributed by atoms with E-state index in [1.807, 2.05) is 6.07 Å². The molecule has 4 rings (SSSR count). The van der Waals surface area contributed by atoms with Crippen molar-refractivity contribution in [2.75, 3.05) is 0 Å². The number of para-hydroxylation sites is 1. The minimum absolute atomic E-state index is 0.0175. The molecule has 0 spiro atoms. The Bertz CT molecular complexity index is 1110. The predicted molar refractivity (Wildman–Crippen MR) is 103 cm³/mol. The number of carbonyl (C=O) groups is 1. The summed E-state index contributed by atoms with van der Waals surface area (Å²) in [4.78, 5) is 26.6. The molecule has 0 amide bonds. The number of non-ortho nitro benzene ring substituents is 1. The molecule has 144 valence electrons. The molecule has 1 aliphatic heterocycles. The van der Waals surface area contributed by atoms with Gasteiger partial charge >= 0.3 is 5.97 Å². The molecule has 0 radical (unpaired) electrons. The third-order valence-corrected chi connectivity index (χ3v) is 4.11. The van der Waals surface area contributed by atoms with Gasteiger partial charge in [-0.3, -0.25) is 10.1 Å². The van der Waals surface area contributed by atoms with E-state index in [0.29, 0.717) is 17.1 Å². The topological polar surface area (TPSA) is 104 Å². The molecule has 8 nitrogen and oxygen atoms in total. The van der Waals surface area contributed by atoms with Crippen LogP contribution in [0.2, 0.25) is 0 Å². The number of nitro groups is 1. The predicted octanol–water partition coefficient (Wildman–Crippen LogP) is 4.11. The lowest BCUT2D eigenvalue weighted by molar-refractivity contribution is -0.384. The molecule has 3 aromatic rings. The summed E-state index contributed by atoms with van der Waals surface area (Å²) in [7, 11) is 0. The van der Waals surface area contributed by atoms with E-state index in [-0.39, 0.29) is 23.9 Å². The van der Waals surface area contributed by atoms with Gasteiger partial charge in [0, 0.05) is 17.7 Å². The third kappa shape index (κ3) is 4.06. The van der Waals surface area contributed by atoms with E-state index in [4.69, 9.17) is 13.9 Å². The van der Waals surface area contributed by atoms with Crippen molar-refractivity contribution in [3.05, 3.63) is 99.6 Å². The highest BCUT2D eigenvalue weighted by atomic mass is 16.6. The Morgan fingerprint density at radius 3 is 2.59 bits per heavy atom. The number of cyclic esters (lactones) is 1. The van der Waals surface area contributed by atoms with E-state index in [2.05, 4.69) is 4.99 Å². The fourth-order valence-corrected chi connectivity index (χ4v) is 2.67. The second-order valence-electron chi connectivity index (χ2n) is 6.06. The average molecular weight is 390 g/mol. The van der Waals surface area contributed by atoms with Crippen LogP contribution >= 0.6 is 0 Å². The monoisotopic (exact) mass is 390 g/mol. The van der Waals surface area contributed by atoms with Gasteiger partial charge in [-0.05, 0) is 42.0 Å². The van der Waals surface area contributed by atoms with Crippen LogP contribution in [0.15, 0.2) is 82.0 Å². The first-order valence-electron chi connectivity index (χ1n) is 8.62. The van der Waals surface area contributed by atoms with E-state index in [1.165, 1.54) is 18.4 Å². The minimum Gasteiger partial charge on any atom is -0.488 e. The molecule has 0 aliphatic carbocycles. The van der Waals surface area contributed by atoms with E-state index in [9.17, 15) is 14.9 Å². The van der Waals surface area contributed by atoms with Crippen LogP contribution < -0.4 is 4.74 Å². The maximum absolute atomic E-state index is 12.1. The SMILES string of the molecule is O=C1OC(c2ccco2)=NC1=Cc1ccccc1OCc1ccc([N+](=O)[O-])cc1. The first-order chi connectivity index (χ1) is 14.1. The van der Waals surface area contributed by atoms with Crippen LogP contribution in [0.25, 0.3) is 6.08 Å². The summed E-state index contributed by atoms with van der Waals surface area (Å²) >= 11 is 0. The lowest BCUT2D eigenvalue weighted by Crippen LogP contribution is -2.04. The highest BCUT2D eigenvalue weighted by Crippen LogP contribution is 2.25. The smallest absolute Gasteiger partial charge is 0.363 e. The summed E-state index contributed by atoms with van der Waals surface area (Å²) in [5.41, 5.74) is 1.56. The van der Waals surface area contributed by atoms with Gasteiger partial charge in [-0.25, -0.2) is 9.79 Å². The molecule has 2 aromatic carbocycles. The molecular weight excluding hydrogens is 376 g/mol. The van der Waals surface area contributed by atoms with Gasteiger partial charge in [-0.1, -0.05) is 18.2 Å². The fourth-order valence-electron chi connectivity index (χ4n) is 2.67. The highest BCUT2D eigenvalue weighted by Gasteiger charge is 2.26. The Balaban J connectivity index is 1.53. The van der Waals surface area contributed by atoms with Crippen molar-refractivity contribution < 1.29 is 23.6 Å². The van der Waals surface area contributed by atoms with Crippen molar-refractivity contribution in [3.63, 3.8) is 0 Å². The van der Waals surface area contributed by atoms with Crippen molar-refractivity contribution in [1.29, 1.82) is 0 Å². The summed E-state index contributed by atoms with van der Waals surface area (Å²) in [6.45, 7) is 0.212. The average Bonchev–Trinajstić information content (AvgIpc) is 3.38. The lowest BCUT2D eigenvalue weighted by Gasteiger charge is -2.09. The van der Waals surface area contributed by atoms with Crippen LogP contribution in [0.5, 0.6) is 5.75 Å². The number of aliphatic imine (C=N–C) groups is 1. The van der Waals surface area contributed by atoms with Crippen molar-refractivity contribution in [1.82, 2.24) is 0 Å². The van der Waals surface area contributed by atoms with Gasteiger partial charge in [0.15, 0.2) is 11.5 Å². The van der Waals surface area contributed by atoms with Crippen LogP contribution in [-0.2, 0) is 16.1 Å². The van der Waals surface area contributed by atoms with Crippen LogP contribution in [0.1, 0.15) is 16.9 Å². The van der Waals surface area contributed by atoms with Crippen LogP contribution in [-0.4, -0.2) is 16.8 Å². The molecule has 0 atom stereocenters. The molecule has 0 saturated heterocycles. The third-order valence-electron chi connectivity index (χ3n) is 4.11. The second-order valence-corrected chi connectivity index (χ2v) is 6.06. The zero-order valence-corrected chi connectivity index (χ0v) is 15.0. The molecule has 2 heterocycles. The molecule has 29 heavy (non-hydrogen) atoms. The Kier molecular flexibility index (Phi) is 4.90. The number of hydrogen-bond donors (Lipinski definition) is 0. The summed E-state index contributed by atoms with van der Waals surface area (Å²) in [5, 5.41) is 10.7. The van der Waals surface area contributed by atoms with E-state index in [0.717, 1.165) is 5.56 Å². The first-order valence-corrected chi connectivity index (χ1v) is 8.62. The van der Waals surface area contributed by atoms with Gasteiger partial charge in [0.1, 0.15) is 12.4 Å². The van der Waals surface area contributed by atoms with E-state index in [1.54, 1.807) is 48.5 Å². The van der Waals surface area contributed by atoms with Crippen LogP contribution in [0, 0.1) is 10.1 Å². The van der Waals surface area contributed by atoms with Crippen molar-refractivity contribution in [3.8, 4) is 5.75 Å². The van der Waals surface area contributed by atoms with Gasteiger partial charge in [-0.15, -0.1) is 0 Å². The van der Waals surface area contributed by atoms with Crippen LogP contribution in [0.4, 0.5) is 5.69 Å². The van der Waals surface area contributed by atoms with Crippen molar-refractivity contribution in [2.45, 2.75) is 6.61 Å². The normalized spacial score (nSPS) is 14.6. The molecule has 0 unspecified atom stereocenters. The van der Waals surface area contributed by atoms with Crippen molar-refractivity contribution in [2.24, 2.45) is 4.99 Å². The minimum atomic E-state index is -0.582. The molecule has 0 saturated carbocycles. The number of nitro benzene ring substituents is 1. The van der Waals surface area contributed by atoms with Crippen molar-refractivity contribution >= 4 is 23.6 Å². The summed E-state index contributed by atoms with van der Waals surface area (Å²) < 4.78 is 16.2. The van der Waals surface area contributed by atoms with Gasteiger partial charge in [0.05, 0.1) is 11.2 Å². The molecule has 8 heteroatoms. The molecule has 0 bridgehead atoms. The number of nitrogens with zero attached hydrogens (tertiary/aromatic N) is 2. The molecule has 0 fully saturated rings. The molecule has 0 N–H and O–H groups in total. The molecular formula is C21H14N2O6. The maximum Gasteiger partial charge on any atom is 0.363 e. The van der Waals surface area contributed by atoms with E-state index < -0.39 is 10.9 Å². The summed E-state index contributed by atoms with van der Waals surface area (Å²) in [5.74, 6) is 0.425. The van der Waals surface area contributed by atoms with Gasteiger partial charge in [0.2, 0.25) is 0 Å². The van der Waals surface area contributed by atoms with Gasteiger partial charge in [-0.2, -0.15) is 0 Å². The number of rotatable bonds is 6.